The van der Waals surface area contributed by atoms with Crippen molar-refractivity contribution in [1.82, 2.24) is 30.2 Å². The minimum absolute atomic E-state index is 0.139. The molecule has 0 atom stereocenters. The van der Waals surface area contributed by atoms with Crippen LogP contribution in [-0.2, 0) is 0 Å². The minimum atomic E-state index is -0.273. The summed E-state index contributed by atoms with van der Waals surface area (Å²) in [5, 5.41) is 9.00. The lowest BCUT2D eigenvalue weighted by Gasteiger charge is -2.12. The van der Waals surface area contributed by atoms with Crippen LogP contribution in [0.15, 0.2) is 40.9 Å². The summed E-state index contributed by atoms with van der Waals surface area (Å²) in [6.45, 7) is 1.50. The van der Waals surface area contributed by atoms with Gasteiger partial charge in [-0.05, 0) is 26.9 Å². The summed E-state index contributed by atoms with van der Waals surface area (Å²) in [7, 11) is 3.99. The zero-order chi connectivity index (χ0) is 20.9. The molecule has 0 radical (unpaired) electrons. The van der Waals surface area contributed by atoms with Crippen molar-refractivity contribution in [2.45, 2.75) is 18.9 Å². The number of likely N-dealkylation sites (N-methyl/N-ethyl adjacent to an activating group) is 1. The zero-order valence-corrected chi connectivity index (χ0v) is 16.9. The van der Waals surface area contributed by atoms with Gasteiger partial charge in [0, 0.05) is 24.7 Å². The van der Waals surface area contributed by atoms with Gasteiger partial charge in [-0.2, -0.15) is 15.0 Å². The number of amides is 1. The van der Waals surface area contributed by atoms with E-state index in [0.29, 0.717) is 18.3 Å². The molecule has 2 heterocycles. The number of oxazole rings is 1. The highest BCUT2D eigenvalue weighted by atomic mass is 16.4. The Morgan fingerprint density at radius 1 is 1.13 bits per heavy atom. The fourth-order valence-corrected chi connectivity index (χ4v) is 2.64. The van der Waals surface area contributed by atoms with Crippen molar-refractivity contribution in [2.75, 3.05) is 37.8 Å². The van der Waals surface area contributed by atoms with Gasteiger partial charge in [0.1, 0.15) is 0 Å². The SMILES string of the molecule is CN(C)CCNc1nc(Nc2ncc(C(=O)NC3CC3)o2)nc(-c2ccccc2)n1. The third-order valence-corrected chi connectivity index (χ3v) is 4.37. The molecule has 4 rings (SSSR count). The summed E-state index contributed by atoms with van der Waals surface area (Å²) in [4.78, 5) is 31.7. The average Bonchev–Trinajstić information content (AvgIpc) is 3.43. The molecule has 1 fully saturated rings. The largest absolute Gasteiger partial charge is 0.418 e. The normalized spacial score (nSPS) is 13.3. The van der Waals surface area contributed by atoms with Crippen LogP contribution in [0.1, 0.15) is 23.4 Å². The maximum absolute atomic E-state index is 12.1. The third-order valence-electron chi connectivity index (χ3n) is 4.37. The van der Waals surface area contributed by atoms with Gasteiger partial charge in [0.15, 0.2) is 5.82 Å². The summed E-state index contributed by atoms with van der Waals surface area (Å²) in [6.07, 6.45) is 3.39. The van der Waals surface area contributed by atoms with E-state index in [4.69, 9.17) is 4.42 Å². The first-order valence-electron chi connectivity index (χ1n) is 9.80. The van der Waals surface area contributed by atoms with Crippen molar-refractivity contribution in [3.05, 3.63) is 42.3 Å². The summed E-state index contributed by atoms with van der Waals surface area (Å²) in [5.41, 5.74) is 0.857. The van der Waals surface area contributed by atoms with Gasteiger partial charge in [-0.3, -0.25) is 10.1 Å². The van der Waals surface area contributed by atoms with Crippen LogP contribution in [0, 0.1) is 0 Å². The Morgan fingerprint density at radius 2 is 1.90 bits per heavy atom. The molecule has 1 amide bonds. The van der Waals surface area contributed by atoms with Crippen molar-refractivity contribution in [1.29, 1.82) is 0 Å². The molecule has 0 saturated heterocycles. The van der Waals surface area contributed by atoms with E-state index in [1.807, 2.05) is 44.4 Å². The number of nitrogens with one attached hydrogen (secondary N) is 3. The lowest BCUT2D eigenvalue weighted by Crippen LogP contribution is -2.24. The number of carbonyl (C=O) groups excluding carboxylic acids is 1. The summed E-state index contributed by atoms with van der Waals surface area (Å²) >= 11 is 0. The molecule has 0 unspecified atom stereocenters. The molecule has 0 bridgehead atoms. The topological polar surface area (TPSA) is 121 Å². The van der Waals surface area contributed by atoms with Gasteiger partial charge < -0.3 is 20.0 Å². The molecule has 3 aromatic rings. The van der Waals surface area contributed by atoms with Crippen molar-refractivity contribution < 1.29 is 9.21 Å². The van der Waals surface area contributed by atoms with Gasteiger partial charge >= 0.3 is 6.01 Å². The van der Waals surface area contributed by atoms with Crippen molar-refractivity contribution in [3.63, 3.8) is 0 Å². The number of hydrogen-bond donors (Lipinski definition) is 3. The van der Waals surface area contributed by atoms with E-state index in [1.165, 1.54) is 6.20 Å². The molecular formula is C20H24N8O2. The zero-order valence-electron chi connectivity index (χ0n) is 16.9. The van der Waals surface area contributed by atoms with E-state index in [9.17, 15) is 4.79 Å². The van der Waals surface area contributed by atoms with Crippen molar-refractivity contribution in [2.24, 2.45) is 0 Å². The molecule has 0 aliphatic heterocycles. The van der Waals surface area contributed by atoms with Crippen LogP contribution in [-0.4, -0.2) is 64.0 Å². The summed E-state index contributed by atoms with van der Waals surface area (Å²) in [5.74, 6) is 1.09. The molecule has 1 aliphatic rings. The van der Waals surface area contributed by atoms with Crippen molar-refractivity contribution in [3.8, 4) is 11.4 Å². The van der Waals surface area contributed by atoms with Gasteiger partial charge in [0.25, 0.3) is 5.91 Å². The molecular weight excluding hydrogens is 384 g/mol. The van der Waals surface area contributed by atoms with Crippen LogP contribution >= 0.6 is 0 Å². The standard InChI is InChI=1S/C20H24N8O2/c1-28(2)11-10-21-18-24-16(13-6-4-3-5-7-13)25-19(26-18)27-20-22-12-15(30-20)17(29)23-14-8-9-14/h3-7,12,14H,8-11H2,1-2H3,(H,23,29)(H2,21,22,24,25,26,27). The van der Waals surface area contributed by atoms with E-state index in [-0.39, 0.29) is 29.7 Å². The molecule has 0 spiro atoms. The Balaban J connectivity index is 1.53. The predicted octanol–water partition coefficient (Wildman–Crippen LogP) is 2.14. The number of rotatable bonds is 9. The van der Waals surface area contributed by atoms with E-state index in [2.05, 4.69) is 40.8 Å². The first-order chi connectivity index (χ1) is 14.6. The molecule has 156 valence electrons. The Morgan fingerprint density at radius 3 is 2.63 bits per heavy atom. The summed E-state index contributed by atoms with van der Waals surface area (Å²) in [6, 6.07) is 10.0. The van der Waals surface area contributed by atoms with Crippen molar-refractivity contribution >= 4 is 23.8 Å². The van der Waals surface area contributed by atoms with Crippen LogP contribution in [0.2, 0.25) is 0 Å². The molecule has 3 N–H and O–H groups in total. The van der Waals surface area contributed by atoms with E-state index < -0.39 is 0 Å². The first kappa shape index (κ1) is 19.8. The highest BCUT2D eigenvalue weighted by Crippen LogP contribution is 2.22. The second-order valence-electron chi connectivity index (χ2n) is 7.30. The molecule has 1 aromatic carbocycles. The minimum Gasteiger partial charge on any atom is -0.418 e. The van der Waals surface area contributed by atoms with E-state index in [0.717, 1.165) is 24.9 Å². The molecule has 1 saturated carbocycles. The molecule has 10 nitrogen and oxygen atoms in total. The van der Waals surface area contributed by atoms with Crippen LogP contribution in [0.25, 0.3) is 11.4 Å². The second-order valence-corrected chi connectivity index (χ2v) is 7.30. The van der Waals surface area contributed by atoms with Gasteiger partial charge in [0.2, 0.25) is 17.7 Å². The van der Waals surface area contributed by atoms with Crippen LogP contribution in [0.5, 0.6) is 0 Å². The predicted molar refractivity (Wildman–Crippen MR) is 113 cm³/mol. The first-order valence-corrected chi connectivity index (χ1v) is 9.80. The highest BCUT2D eigenvalue weighted by molar-refractivity contribution is 5.91. The smallest absolute Gasteiger partial charge is 0.302 e. The fourth-order valence-electron chi connectivity index (χ4n) is 2.64. The van der Waals surface area contributed by atoms with Crippen LogP contribution in [0.3, 0.4) is 0 Å². The number of aromatic nitrogens is 4. The average molecular weight is 408 g/mol. The quantitative estimate of drug-likeness (QED) is 0.489. The number of carbonyl (C=O) groups is 1. The van der Waals surface area contributed by atoms with E-state index >= 15 is 0 Å². The Bertz CT molecular complexity index is 1000. The molecule has 1 aliphatic carbocycles. The lowest BCUT2D eigenvalue weighted by molar-refractivity contribution is 0.0924. The number of nitrogens with zero attached hydrogens (tertiary/aromatic N) is 5. The maximum Gasteiger partial charge on any atom is 0.302 e. The number of benzene rings is 1. The Kier molecular flexibility index (Phi) is 5.84. The van der Waals surface area contributed by atoms with Gasteiger partial charge in [0.05, 0.1) is 6.20 Å². The monoisotopic (exact) mass is 408 g/mol. The Labute approximate surface area is 174 Å². The summed E-state index contributed by atoms with van der Waals surface area (Å²) < 4.78 is 5.51. The van der Waals surface area contributed by atoms with Gasteiger partial charge in [-0.15, -0.1) is 0 Å². The highest BCUT2D eigenvalue weighted by Gasteiger charge is 2.25. The Hall–Kier alpha value is -3.53. The second kappa shape index (κ2) is 8.87. The lowest BCUT2D eigenvalue weighted by atomic mass is 10.2. The number of anilines is 3. The fraction of sp³-hybridized carbons (Fsp3) is 0.350. The van der Waals surface area contributed by atoms with Gasteiger partial charge in [-0.1, -0.05) is 30.3 Å². The molecule has 30 heavy (non-hydrogen) atoms. The van der Waals surface area contributed by atoms with Crippen LogP contribution < -0.4 is 16.0 Å². The molecule has 2 aromatic heterocycles. The number of hydrogen-bond acceptors (Lipinski definition) is 9. The van der Waals surface area contributed by atoms with E-state index in [1.54, 1.807) is 0 Å². The maximum atomic E-state index is 12.1. The molecule has 10 heteroatoms. The third kappa shape index (κ3) is 5.29. The van der Waals surface area contributed by atoms with Crippen LogP contribution in [0.4, 0.5) is 17.9 Å². The van der Waals surface area contributed by atoms with Gasteiger partial charge in [-0.25, -0.2) is 4.98 Å².